The predicted octanol–water partition coefficient (Wildman–Crippen LogP) is 6.07. The van der Waals surface area contributed by atoms with Crippen LogP contribution in [0.4, 0.5) is 24.9 Å². The summed E-state index contributed by atoms with van der Waals surface area (Å²) >= 11 is 0. The van der Waals surface area contributed by atoms with Crippen molar-refractivity contribution in [2.24, 2.45) is 22.5 Å². The molecule has 4 aliphatic rings. The van der Waals surface area contributed by atoms with E-state index in [2.05, 4.69) is 21.3 Å². The molecular weight excluding hydrogens is 979 g/mol. The molecule has 0 heterocycles. The molecule has 4 aliphatic carbocycles. The number of ketones is 1. The monoisotopic (exact) mass is 1050 g/mol. The number of urea groups is 1. The first-order valence-electron chi connectivity index (χ1n) is 25.5. The molecule has 1 spiro atoms. The number of Topliss-reactive ketones (excluding diaryl/α,β-unsaturated/α-hetero) is 1. The molecule has 4 unspecified atom stereocenters. The Balaban J connectivity index is 0.897. The van der Waals surface area contributed by atoms with Crippen molar-refractivity contribution in [3.8, 4) is 11.1 Å². The van der Waals surface area contributed by atoms with E-state index < -0.39 is 88.4 Å². The van der Waals surface area contributed by atoms with Gasteiger partial charge in [-0.2, -0.15) is 0 Å². The first-order chi connectivity index (χ1) is 36.0. The fourth-order valence-corrected chi connectivity index (χ4v) is 10.4. The van der Waals surface area contributed by atoms with Crippen molar-refractivity contribution in [1.82, 2.24) is 25.8 Å². The van der Waals surface area contributed by atoms with Crippen LogP contribution in [0.2, 0.25) is 0 Å². The first-order valence-corrected chi connectivity index (χ1v) is 25.5. The van der Waals surface area contributed by atoms with Gasteiger partial charge < -0.3 is 60.9 Å². The molecule has 1 fully saturated rings. The molecule has 406 valence electrons. The van der Waals surface area contributed by atoms with Crippen molar-refractivity contribution < 1.29 is 62.4 Å². The number of primary amides is 1. The maximum absolute atomic E-state index is 13.8. The highest BCUT2D eigenvalue weighted by Crippen LogP contribution is 2.66. The SMILES string of the molecule is CC(=O)OCC1(C)C=C2C(=O)[C@](C)(O)C3(CC3)C(C)=C2C1OC(=O)N(C)CCN(C)C(=O)OCc1ccc(NC(=O)C(CCCNC(N)=O)NC(=O)C(NC(=O)OCC2c3ccccc3-c3ccccc32)C(C)C)cc1. The second-order valence-electron chi connectivity index (χ2n) is 20.9. The van der Waals surface area contributed by atoms with Gasteiger partial charge in [0.1, 0.15) is 43.6 Å². The summed E-state index contributed by atoms with van der Waals surface area (Å²) in [6.45, 7) is 9.82. The molecule has 20 nitrogen and oxygen atoms in total. The van der Waals surface area contributed by atoms with Crippen LogP contribution in [0.1, 0.15) is 89.8 Å². The highest BCUT2D eigenvalue weighted by atomic mass is 16.6. The minimum absolute atomic E-state index is 0.0401. The van der Waals surface area contributed by atoms with E-state index in [4.69, 9.17) is 24.7 Å². The number of nitrogens with zero attached hydrogens (tertiary/aromatic N) is 2. The summed E-state index contributed by atoms with van der Waals surface area (Å²) in [5.74, 6) is -2.78. The summed E-state index contributed by atoms with van der Waals surface area (Å²) in [5.41, 5.74) is 8.43. The number of esters is 1. The molecule has 0 aromatic heterocycles. The summed E-state index contributed by atoms with van der Waals surface area (Å²) in [4.78, 5) is 107. The lowest BCUT2D eigenvalue weighted by Crippen LogP contribution is -2.54. The zero-order chi connectivity index (χ0) is 55.3. The van der Waals surface area contributed by atoms with Crippen LogP contribution in [-0.2, 0) is 44.7 Å². The number of ether oxygens (including phenoxy) is 4. The van der Waals surface area contributed by atoms with Gasteiger partial charge in [-0.1, -0.05) is 86.2 Å². The standard InChI is InChI=1S/C56H69N7O13/c1-32(2)45(61-51(69)73-30-42-39-16-11-9-14-37(39)38-15-10-12-17-40(38)42)49(67)60-43(18-13-25-58-50(57)68)48(66)59-36-21-19-35(20-22-36)29-74-52(70)62(7)26-27-63(8)53(71)76-47-44-33(3)56(23-24-56)55(6,72)46(65)41(44)28-54(47,5)31-75-34(4)64/h9-12,14-17,19-22,28,32,42-43,45,47,72H,13,18,23-27,29-31H2,1-8H3,(H,59,66)(H,60,67)(H,61,69)(H3,57,58,68)/t43?,45?,47?,54?,55-/m0/s1. The van der Waals surface area contributed by atoms with Gasteiger partial charge in [-0.25, -0.2) is 19.2 Å². The van der Waals surface area contributed by atoms with Crippen LogP contribution in [0.3, 0.4) is 0 Å². The van der Waals surface area contributed by atoms with Crippen molar-refractivity contribution in [2.75, 3.05) is 52.3 Å². The molecular formula is C56H69N7O13. The predicted molar refractivity (Wildman–Crippen MR) is 279 cm³/mol. The van der Waals surface area contributed by atoms with Crippen molar-refractivity contribution >= 4 is 53.6 Å². The number of likely N-dealkylation sites (N-methyl/N-ethyl adjacent to an activating group) is 2. The smallest absolute Gasteiger partial charge is 0.410 e. The molecule has 7 N–H and O–H groups in total. The fraction of sp³-hybridized carbons (Fsp3) is 0.464. The second-order valence-corrected chi connectivity index (χ2v) is 20.9. The van der Waals surface area contributed by atoms with Crippen LogP contribution in [0.15, 0.2) is 95.6 Å². The van der Waals surface area contributed by atoms with E-state index in [1.54, 1.807) is 51.1 Å². The van der Waals surface area contributed by atoms with E-state index in [9.17, 15) is 43.5 Å². The third-order valence-corrected chi connectivity index (χ3v) is 15.1. The number of benzene rings is 3. The molecule has 1 saturated carbocycles. The number of anilines is 1. The molecule has 0 radical (unpaired) electrons. The number of alkyl carbamates (subject to hydrolysis) is 1. The average molecular weight is 1050 g/mol. The number of carbonyl (C=O) groups excluding carboxylic acids is 8. The van der Waals surface area contributed by atoms with E-state index in [-0.39, 0.29) is 63.8 Å². The Morgan fingerprint density at radius 2 is 1.42 bits per heavy atom. The molecule has 7 rings (SSSR count). The van der Waals surface area contributed by atoms with Crippen LogP contribution in [0.25, 0.3) is 11.1 Å². The molecule has 0 bridgehead atoms. The van der Waals surface area contributed by atoms with Gasteiger partial charge >= 0.3 is 30.3 Å². The minimum Gasteiger partial charge on any atom is -0.465 e. The lowest BCUT2D eigenvalue weighted by atomic mass is 9.67. The summed E-state index contributed by atoms with van der Waals surface area (Å²) in [6.07, 6.45) is -0.00307. The van der Waals surface area contributed by atoms with Gasteiger partial charge in [0.2, 0.25) is 11.8 Å². The van der Waals surface area contributed by atoms with Gasteiger partial charge in [0.15, 0.2) is 5.78 Å². The van der Waals surface area contributed by atoms with Crippen molar-refractivity contribution in [3.05, 3.63) is 112 Å². The molecule has 0 saturated heterocycles. The van der Waals surface area contributed by atoms with E-state index in [0.717, 1.165) is 27.8 Å². The molecule has 3 aromatic carbocycles. The summed E-state index contributed by atoms with van der Waals surface area (Å²) < 4.78 is 22.7. The normalized spacial score (nSPS) is 20.5. The number of amides is 7. The van der Waals surface area contributed by atoms with Gasteiger partial charge in [-0.15, -0.1) is 0 Å². The number of aliphatic hydroxyl groups is 1. The van der Waals surface area contributed by atoms with Gasteiger partial charge in [-0.05, 0) is 92.3 Å². The fourth-order valence-electron chi connectivity index (χ4n) is 10.4. The number of nitrogens with two attached hydrogens (primary N) is 1. The second kappa shape index (κ2) is 23.0. The van der Waals surface area contributed by atoms with Crippen LogP contribution in [-0.4, -0.2) is 134 Å². The number of rotatable bonds is 20. The van der Waals surface area contributed by atoms with E-state index >= 15 is 0 Å². The van der Waals surface area contributed by atoms with Crippen LogP contribution in [0.5, 0.6) is 0 Å². The van der Waals surface area contributed by atoms with Gasteiger partial charge in [0, 0.05) is 68.8 Å². The van der Waals surface area contributed by atoms with Crippen LogP contribution in [0, 0.1) is 16.7 Å². The van der Waals surface area contributed by atoms with Gasteiger partial charge in [-0.3, -0.25) is 19.2 Å². The van der Waals surface area contributed by atoms with E-state index in [1.807, 2.05) is 55.5 Å². The lowest BCUT2D eigenvalue weighted by Gasteiger charge is -2.40. The number of nitrogens with one attached hydrogen (secondary N) is 4. The Labute approximate surface area is 442 Å². The van der Waals surface area contributed by atoms with Crippen LogP contribution < -0.4 is 27.0 Å². The zero-order valence-electron chi connectivity index (χ0n) is 44.3. The summed E-state index contributed by atoms with van der Waals surface area (Å²) in [6, 6.07) is 19.5. The van der Waals surface area contributed by atoms with E-state index in [0.29, 0.717) is 29.7 Å². The summed E-state index contributed by atoms with van der Waals surface area (Å²) in [7, 11) is 3.01. The highest BCUT2D eigenvalue weighted by Gasteiger charge is 2.67. The van der Waals surface area contributed by atoms with Gasteiger partial charge in [0.05, 0.1) is 5.41 Å². The Morgan fingerprint density at radius 3 is 2.00 bits per heavy atom. The highest BCUT2D eigenvalue weighted by molar-refractivity contribution is 6.09. The first kappa shape index (κ1) is 56.0. The molecule has 7 amide bonds. The maximum atomic E-state index is 13.8. The number of fused-ring (bicyclic) bond motifs is 4. The summed E-state index contributed by atoms with van der Waals surface area (Å²) in [5, 5.41) is 22.1. The van der Waals surface area contributed by atoms with E-state index in [1.165, 1.54) is 37.7 Å². The molecule has 20 heteroatoms. The Kier molecular flexibility index (Phi) is 17.0. The van der Waals surface area contributed by atoms with Crippen LogP contribution >= 0.6 is 0 Å². The molecule has 5 atom stereocenters. The Hall–Kier alpha value is -7.74. The number of carbonyl (C=O) groups is 8. The Bertz CT molecular complexity index is 2780. The average Bonchev–Trinajstić information content (AvgIpc) is 4.27. The molecule has 76 heavy (non-hydrogen) atoms. The van der Waals surface area contributed by atoms with Crippen molar-refractivity contribution in [3.63, 3.8) is 0 Å². The van der Waals surface area contributed by atoms with Crippen molar-refractivity contribution in [1.29, 1.82) is 0 Å². The largest absolute Gasteiger partial charge is 0.465 e. The zero-order valence-corrected chi connectivity index (χ0v) is 44.3. The third kappa shape index (κ3) is 12.0. The lowest BCUT2D eigenvalue weighted by molar-refractivity contribution is -0.144. The minimum atomic E-state index is -1.64. The molecule has 3 aromatic rings. The van der Waals surface area contributed by atoms with Crippen molar-refractivity contribution in [2.45, 2.75) is 104 Å². The third-order valence-electron chi connectivity index (χ3n) is 15.1. The Morgan fingerprint density at radius 1 is 0.816 bits per heavy atom. The quantitative estimate of drug-likeness (QED) is 0.0427. The molecule has 0 aliphatic heterocycles. The number of hydrogen-bond donors (Lipinski definition) is 6. The van der Waals surface area contributed by atoms with Gasteiger partial charge in [0.25, 0.3) is 0 Å². The topological polar surface area (TPSA) is 274 Å². The number of hydrogen-bond acceptors (Lipinski definition) is 13. The maximum Gasteiger partial charge on any atom is 0.410 e.